The molecule has 0 radical (unpaired) electrons. The third kappa shape index (κ3) is 4.63. The Balaban J connectivity index is 2.25. The number of nitrogens with one attached hydrogen (secondary N) is 1. The molecule has 1 amide bonds. The monoisotopic (exact) mass is 366 g/mol. The minimum Gasteiger partial charge on any atom is -0.494 e. The average Bonchev–Trinajstić information content (AvgIpc) is 2.54. The maximum absolute atomic E-state index is 12.6. The van der Waals surface area contributed by atoms with Crippen LogP contribution in [0.5, 0.6) is 5.75 Å². The van der Waals surface area contributed by atoms with Gasteiger partial charge in [-0.3, -0.25) is 4.79 Å². The lowest BCUT2D eigenvalue weighted by Crippen LogP contribution is -2.35. The van der Waals surface area contributed by atoms with Gasteiger partial charge in [0.25, 0.3) is 5.91 Å². The van der Waals surface area contributed by atoms with Crippen molar-refractivity contribution in [2.45, 2.75) is 6.04 Å². The van der Waals surface area contributed by atoms with Crippen LogP contribution in [0.25, 0.3) is 0 Å². The molecule has 0 bridgehead atoms. The highest BCUT2D eigenvalue weighted by Crippen LogP contribution is 2.33. The lowest BCUT2D eigenvalue weighted by atomic mass is 10.1. The van der Waals surface area contributed by atoms with Crippen LogP contribution in [-0.2, 0) is 0 Å². The van der Waals surface area contributed by atoms with Crippen LogP contribution in [0.1, 0.15) is 22.0 Å². The highest BCUT2D eigenvalue weighted by molar-refractivity contribution is 6.37. The number of carbonyl (C=O) groups excluding carboxylic acids is 1. The predicted octanol–water partition coefficient (Wildman–Crippen LogP) is 4.03. The fourth-order valence-electron chi connectivity index (χ4n) is 2.41. The van der Waals surface area contributed by atoms with Gasteiger partial charge in [0.2, 0.25) is 0 Å². The van der Waals surface area contributed by atoms with Gasteiger partial charge in [0, 0.05) is 12.1 Å². The number of hydrogen-bond donors (Lipinski definition) is 1. The lowest BCUT2D eigenvalue weighted by Gasteiger charge is -2.23. The first-order valence-corrected chi connectivity index (χ1v) is 8.21. The van der Waals surface area contributed by atoms with Crippen molar-refractivity contribution in [2.75, 3.05) is 27.7 Å². The van der Waals surface area contributed by atoms with Crippen LogP contribution in [0.2, 0.25) is 10.0 Å². The molecule has 0 heterocycles. The maximum Gasteiger partial charge on any atom is 0.251 e. The number of carbonyl (C=O) groups is 1. The molecule has 1 N–H and O–H groups in total. The van der Waals surface area contributed by atoms with Crippen LogP contribution in [0.15, 0.2) is 42.5 Å². The van der Waals surface area contributed by atoms with E-state index in [2.05, 4.69) is 5.32 Å². The molecule has 128 valence electrons. The van der Waals surface area contributed by atoms with Gasteiger partial charge in [0.05, 0.1) is 23.2 Å². The van der Waals surface area contributed by atoms with Gasteiger partial charge in [-0.15, -0.1) is 0 Å². The Kier molecular flexibility index (Phi) is 6.49. The quantitative estimate of drug-likeness (QED) is 0.838. The fraction of sp³-hybridized carbons (Fsp3) is 0.278. The molecule has 0 aliphatic carbocycles. The SMILES string of the molecule is COc1c(Cl)cc(C(=O)N[C@H](CN(C)C)c2ccccc2)cc1Cl. The lowest BCUT2D eigenvalue weighted by molar-refractivity contribution is 0.0930. The first kappa shape index (κ1) is 18.6. The van der Waals surface area contributed by atoms with Crippen LogP contribution in [0.4, 0.5) is 0 Å². The fourth-order valence-corrected chi connectivity index (χ4v) is 3.05. The molecule has 0 aliphatic heterocycles. The van der Waals surface area contributed by atoms with Gasteiger partial charge in [-0.1, -0.05) is 53.5 Å². The molecule has 2 aromatic rings. The van der Waals surface area contributed by atoms with Gasteiger partial charge >= 0.3 is 0 Å². The van der Waals surface area contributed by atoms with E-state index in [4.69, 9.17) is 27.9 Å². The number of benzene rings is 2. The van der Waals surface area contributed by atoms with Crippen LogP contribution in [-0.4, -0.2) is 38.6 Å². The molecule has 4 nitrogen and oxygen atoms in total. The molecule has 0 aliphatic rings. The summed E-state index contributed by atoms with van der Waals surface area (Å²) in [6.07, 6.45) is 0. The molecule has 0 saturated heterocycles. The number of rotatable bonds is 6. The first-order chi connectivity index (χ1) is 11.4. The van der Waals surface area contributed by atoms with Crippen LogP contribution in [0.3, 0.4) is 0 Å². The molecule has 2 aromatic carbocycles. The largest absolute Gasteiger partial charge is 0.494 e. The zero-order valence-electron chi connectivity index (χ0n) is 13.8. The van der Waals surface area contributed by atoms with E-state index in [9.17, 15) is 4.79 Å². The van der Waals surface area contributed by atoms with Crippen molar-refractivity contribution in [3.63, 3.8) is 0 Å². The van der Waals surface area contributed by atoms with Crippen molar-refractivity contribution in [1.82, 2.24) is 10.2 Å². The van der Waals surface area contributed by atoms with E-state index in [1.54, 1.807) is 12.1 Å². The summed E-state index contributed by atoms with van der Waals surface area (Å²) in [5.41, 5.74) is 1.43. The molecule has 0 unspecified atom stereocenters. The molecule has 0 saturated carbocycles. The highest BCUT2D eigenvalue weighted by Gasteiger charge is 2.19. The zero-order valence-corrected chi connectivity index (χ0v) is 15.4. The second kappa shape index (κ2) is 8.38. The summed E-state index contributed by atoms with van der Waals surface area (Å²) in [6.45, 7) is 0.674. The van der Waals surface area contributed by atoms with E-state index in [1.807, 2.05) is 49.3 Å². The molecular formula is C18H20Cl2N2O2. The summed E-state index contributed by atoms with van der Waals surface area (Å²) in [5, 5.41) is 3.64. The molecule has 0 aromatic heterocycles. The average molecular weight is 367 g/mol. The molecule has 24 heavy (non-hydrogen) atoms. The molecule has 0 fully saturated rings. The van der Waals surface area contributed by atoms with E-state index in [0.29, 0.717) is 27.9 Å². The van der Waals surface area contributed by atoms with Gasteiger partial charge < -0.3 is 15.0 Å². The number of amides is 1. The Labute approximate surface area is 152 Å². The van der Waals surface area contributed by atoms with E-state index >= 15 is 0 Å². The molecule has 0 spiro atoms. The highest BCUT2D eigenvalue weighted by atomic mass is 35.5. The van der Waals surface area contributed by atoms with Gasteiger partial charge in [-0.25, -0.2) is 0 Å². The number of likely N-dealkylation sites (N-methyl/N-ethyl adjacent to an activating group) is 1. The van der Waals surface area contributed by atoms with E-state index in [1.165, 1.54) is 7.11 Å². The number of methoxy groups -OCH3 is 1. The van der Waals surface area contributed by atoms with Crippen LogP contribution >= 0.6 is 23.2 Å². The maximum atomic E-state index is 12.6. The van der Waals surface area contributed by atoms with E-state index in [0.717, 1.165) is 5.56 Å². The Morgan fingerprint density at radius 1 is 1.17 bits per heavy atom. The van der Waals surface area contributed by atoms with Crippen molar-refractivity contribution in [3.8, 4) is 5.75 Å². The van der Waals surface area contributed by atoms with Gasteiger partial charge in [-0.2, -0.15) is 0 Å². The van der Waals surface area contributed by atoms with Gasteiger partial charge in [-0.05, 0) is 31.8 Å². The summed E-state index contributed by atoms with van der Waals surface area (Å²) < 4.78 is 5.11. The topological polar surface area (TPSA) is 41.6 Å². The standard InChI is InChI=1S/C18H20Cl2N2O2/c1-22(2)11-16(12-7-5-4-6-8-12)21-18(23)13-9-14(19)17(24-3)15(20)10-13/h4-10,16H,11H2,1-3H3,(H,21,23)/t16-/m1/s1. The Hall–Kier alpha value is -1.75. The smallest absolute Gasteiger partial charge is 0.251 e. The Bertz CT molecular complexity index is 682. The van der Waals surface area contributed by atoms with Crippen molar-refractivity contribution >= 4 is 29.1 Å². The second-order valence-corrected chi connectivity index (χ2v) is 6.49. The third-order valence-corrected chi connectivity index (χ3v) is 4.08. The molecule has 2 rings (SSSR count). The summed E-state index contributed by atoms with van der Waals surface area (Å²) in [5.74, 6) is 0.125. The third-order valence-electron chi connectivity index (χ3n) is 3.52. The van der Waals surface area contributed by atoms with Crippen molar-refractivity contribution in [2.24, 2.45) is 0 Å². The van der Waals surface area contributed by atoms with E-state index < -0.39 is 0 Å². The first-order valence-electron chi connectivity index (χ1n) is 7.46. The van der Waals surface area contributed by atoms with E-state index in [-0.39, 0.29) is 11.9 Å². The predicted molar refractivity (Wildman–Crippen MR) is 98.2 cm³/mol. The van der Waals surface area contributed by atoms with Gasteiger partial charge in [0.1, 0.15) is 0 Å². The number of ether oxygens (including phenoxy) is 1. The van der Waals surface area contributed by atoms with Crippen LogP contribution < -0.4 is 10.1 Å². The minimum atomic E-state index is -0.239. The summed E-state index contributed by atoms with van der Waals surface area (Å²) in [6, 6.07) is 12.8. The Morgan fingerprint density at radius 2 is 1.75 bits per heavy atom. The molecule has 6 heteroatoms. The normalized spacial score (nSPS) is 12.1. The summed E-state index contributed by atoms with van der Waals surface area (Å²) in [7, 11) is 5.40. The molecule has 1 atom stereocenters. The number of halogens is 2. The Morgan fingerprint density at radius 3 is 2.25 bits per heavy atom. The number of hydrogen-bond acceptors (Lipinski definition) is 3. The zero-order chi connectivity index (χ0) is 17.7. The number of nitrogens with zero attached hydrogens (tertiary/aromatic N) is 1. The molecular weight excluding hydrogens is 347 g/mol. The minimum absolute atomic E-state index is 0.145. The summed E-state index contributed by atoms with van der Waals surface area (Å²) in [4.78, 5) is 14.6. The van der Waals surface area contributed by atoms with Crippen LogP contribution in [0, 0.1) is 0 Å². The van der Waals surface area contributed by atoms with Crippen molar-refractivity contribution in [1.29, 1.82) is 0 Å². The van der Waals surface area contributed by atoms with Crippen molar-refractivity contribution in [3.05, 3.63) is 63.6 Å². The van der Waals surface area contributed by atoms with Crippen molar-refractivity contribution < 1.29 is 9.53 Å². The summed E-state index contributed by atoms with van der Waals surface area (Å²) >= 11 is 12.2. The second-order valence-electron chi connectivity index (χ2n) is 5.67. The van der Waals surface area contributed by atoms with Gasteiger partial charge in [0.15, 0.2) is 5.75 Å².